The summed E-state index contributed by atoms with van der Waals surface area (Å²) in [5.74, 6) is 0. The quantitative estimate of drug-likeness (QED) is 0.556. The average Bonchev–Trinajstić information content (AvgIpc) is 2.74. The molecule has 2 aromatic carbocycles. The monoisotopic (exact) mass is 192 g/mol. The van der Waals surface area contributed by atoms with Gasteiger partial charge in [-0.15, -0.1) is 0 Å². The maximum absolute atomic E-state index is 3.33. The highest BCUT2D eigenvalue weighted by atomic mass is 14.9. The Labute approximate surface area is 88.6 Å². The first-order chi connectivity index (χ1) is 7.43. The molecule has 0 spiro atoms. The molecule has 1 radical (unpaired) electrons. The van der Waals surface area contributed by atoms with Crippen LogP contribution in [-0.2, 0) is 0 Å². The van der Waals surface area contributed by atoms with Crippen molar-refractivity contribution in [2.75, 3.05) is 0 Å². The van der Waals surface area contributed by atoms with E-state index in [1.807, 2.05) is 34.9 Å². The molecule has 0 aliphatic carbocycles. The molecule has 0 amide bonds. The van der Waals surface area contributed by atoms with Gasteiger partial charge in [-0.3, -0.25) is 0 Å². The van der Waals surface area contributed by atoms with Crippen molar-refractivity contribution in [2.24, 2.45) is 0 Å². The first-order valence-electron chi connectivity index (χ1n) is 4.98. The van der Waals surface area contributed by atoms with Gasteiger partial charge in [-0.2, -0.15) is 0 Å². The van der Waals surface area contributed by atoms with Crippen molar-refractivity contribution in [2.45, 2.75) is 0 Å². The molecule has 0 unspecified atom stereocenters. The van der Waals surface area contributed by atoms with Crippen LogP contribution in [0.4, 0.5) is 0 Å². The van der Waals surface area contributed by atoms with Crippen LogP contribution in [0.1, 0.15) is 0 Å². The van der Waals surface area contributed by atoms with Gasteiger partial charge in [0.2, 0.25) is 0 Å². The Morgan fingerprint density at radius 2 is 1.53 bits per heavy atom. The second-order valence-corrected chi connectivity index (χ2v) is 3.53. The third kappa shape index (κ3) is 1.42. The van der Waals surface area contributed by atoms with E-state index in [9.17, 15) is 0 Å². The molecule has 1 nitrogen and oxygen atoms in total. The van der Waals surface area contributed by atoms with Crippen LogP contribution in [0.15, 0.2) is 60.8 Å². The number of fused-ring (bicyclic) bond motifs is 1. The molecule has 71 valence electrons. The summed E-state index contributed by atoms with van der Waals surface area (Å²) in [5, 5.41) is 2.38. The van der Waals surface area contributed by atoms with E-state index in [0.717, 1.165) is 11.1 Å². The minimum absolute atomic E-state index is 1.15. The third-order valence-electron chi connectivity index (χ3n) is 2.50. The van der Waals surface area contributed by atoms with Crippen LogP contribution in [0.2, 0.25) is 0 Å². The van der Waals surface area contributed by atoms with Gasteiger partial charge >= 0.3 is 0 Å². The van der Waals surface area contributed by atoms with E-state index in [1.165, 1.54) is 5.39 Å². The number of para-hydroxylation sites is 1. The van der Waals surface area contributed by atoms with Crippen molar-refractivity contribution < 1.29 is 0 Å². The molecule has 0 fully saturated rings. The topological polar surface area (TPSA) is 4.93 Å². The normalized spacial score (nSPS) is 10.7. The average molecular weight is 192 g/mol. The highest BCUT2D eigenvalue weighted by molar-refractivity contribution is 5.82. The summed E-state index contributed by atoms with van der Waals surface area (Å²) in [6, 6.07) is 18.5. The van der Waals surface area contributed by atoms with Crippen molar-refractivity contribution in [1.29, 1.82) is 0 Å². The Kier molecular flexibility index (Phi) is 1.82. The Morgan fingerprint density at radius 1 is 0.800 bits per heavy atom. The minimum Gasteiger partial charge on any atom is -0.314 e. The molecule has 3 rings (SSSR count). The maximum atomic E-state index is 3.33. The Bertz CT molecular complexity index is 545. The number of benzene rings is 2. The van der Waals surface area contributed by atoms with Crippen molar-refractivity contribution in [3.05, 3.63) is 67.0 Å². The highest BCUT2D eigenvalue weighted by Crippen LogP contribution is 2.17. The first-order valence-corrected chi connectivity index (χ1v) is 4.98. The van der Waals surface area contributed by atoms with Crippen LogP contribution in [-0.4, -0.2) is 4.57 Å². The molecule has 0 saturated heterocycles. The Balaban J connectivity index is 2.21. The van der Waals surface area contributed by atoms with E-state index in [2.05, 4.69) is 36.7 Å². The third-order valence-corrected chi connectivity index (χ3v) is 2.50. The fraction of sp³-hybridized carbons (Fsp3) is 0. The van der Waals surface area contributed by atoms with E-state index in [1.54, 1.807) is 0 Å². The molecule has 1 aromatic heterocycles. The minimum atomic E-state index is 1.15. The van der Waals surface area contributed by atoms with Crippen LogP contribution >= 0.6 is 0 Å². The smallest absolute Gasteiger partial charge is 0.0783 e. The number of rotatable bonds is 1. The molecule has 0 saturated carbocycles. The van der Waals surface area contributed by atoms with E-state index >= 15 is 0 Å². The molecular weight excluding hydrogens is 182 g/mol. The van der Waals surface area contributed by atoms with E-state index < -0.39 is 0 Å². The zero-order chi connectivity index (χ0) is 10.1. The van der Waals surface area contributed by atoms with Gasteiger partial charge < -0.3 is 4.57 Å². The SMILES string of the molecule is [c]1c2ccccc2cn1-c1ccccc1. The van der Waals surface area contributed by atoms with Crippen LogP contribution < -0.4 is 0 Å². The molecule has 15 heavy (non-hydrogen) atoms. The lowest BCUT2D eigenvalue weighted by Crippen LogP contribution is -1.87. The molecule has 1 heteroatoms. The molecule has 1 heterocycles. The van der Waals surface area contributed by atoms with Gasteiger partial charge in [0.15, 0.2) is 0 Å². The molecule has 0 bridgehead atoms. The summed E-state index contributed by atoms with van der Waals surface area (Å²) in [5.41, 5.74) is 1.15. The summed E-state index contributed by atoms with van der Waals surface area (Å²) < 4.78 is 2.03. The van der Waals surface area contributed by atoms with Crippen LogP contribution in [0.25, 0.3) is 16.5 Å². The van der Waals surface area contributed by atoms with Crippen molar-refractivity contribution in [3.8, 4) is 5.69 Å². The lowest BCUT2D eigenvalue weighted by molar-refractivity contribution is 1.08. The standard InChI is InChI=1S/C14H10N/c1-2-8-14(9-3-1)15-10-12-6-4-5-7-13(12)11-15/h1-10H. The lowest BCUT2D eigenvalue weighted by atomic mass is 10.2. The van der Waals surface area contributed by atoms with Gasteiger partial charge in [-0.1, -0.05) is 42.5 Å². The van der Waals surface area contributed by atoms with E-state index in [0.29, 0.717) is 0 Å². The summed E-state index contributed by atoms with van der Waals surface area (Å²) in [6.45, 7) is 0. The van der Waals surface area contributed by atoms with E-state index in [4.69, 9.17) is 0 Å². The zero-order valence-corrected chi connectivity index (χ0v) is 8.22. The maximum Gasteiger partial charge on any atom is 0.0783 e. The second kappa shape index (κ2) is 3.28. The lowest BCUT2D eigenvalue weighted by Gasteiger charge is -1.99. The molecule has 0 aliphatic rings. The fourth-order valence-electron chi connectivity index (χ4n) is 1.74. The summed E-state index contributed by atoms with van der Waals surface area (Å²) in [6.07, 6.45) is 5.43. The van der Waals surface area contributed by atoms with Crippen molar-refractivity contribution in [3.63, 3.8) is 0 Å². The summed E-state index contributed by atoms with van der Waals surface area (Å²) in [4.78, 5) is 0. The van der Waals surface area contributed by atoms with Gasteiger partial charge in [0.1, 0.15) is 0 Å². The van der Waals surface area contributed by atoms with Gasteiger partial charge in [-0.25, -0.2) is 0 Å². The Morgan fingerprint density at radius 3 is 2.33 bits per heavy atom. The highest BCUT2D eigenvalue weighted by Gasteiger charge is 1.99. The fourth-order valence-corrected chi connectivity index (χ4v) is 1.74. The van der Waals surface area contributed by atoms with Crippen molar-refractivity contribution >= 4 is 10.8 Å². The summed E-state index contributed by atoms with van der Waals surface area (Å²) >= 11 is 0. The second-order valence-electron chi connectivity index (χ2n) is 3.53. The molecular formula is C14H10N. The molecule has 0 N–H and O–H groups in total. The van der Waals surface area contributed by atoms with Gasteiger partial charge in [0.25, 0.3) is 0 Å². The summed E-state index contributed by atoms with van der Waals surface area (Å²) in [7, 11) is 0. The zero-order valence-electron chi connectivity index (χ0n) is 8.22. The van der Waals surface area contributed by atoms with Gasteiger partial charge in [0, 0.05) is 22.7 Å². The molecule has 3 aromatic rings. The Hall–Kier alpha value is -2.02. The molecule has 0 aliphatic heterocycles. The largest absolute Gasteiger partial charge is 0.314 e. The van der Waals surface area contributed by atoms with Crippen LogP contribution in [0.3, 0.4) is 0 Å². The number of hydrogen-bond acceptors (Lipinski definition) is 0. The first kappa shape index (κ1) is 8.30. The van der Waals surface area contributed by atoms with E-state index in [-0.39, 0.29) is 0 Å². The van der Waals surface area contributed by atoms with Crippen molar-refractivity contribution in [1.82, 2.24) is 4.57 Å². The number of nitrogens with zero attached hydrogens (tertiary/aromatic N) is 1. The van der Waals surface area contributed by atoms with Gasteiger partial charge in [-0.05, 0) is 12.1 Å². The van der Waals surface area contributed by atoms with Gasteiger partial charge in [0.05, 0.1) is 6.20 Å². The predicted octanol–water partition coefficient (Wildman–Crippen LogP) is 3.43. The predicted molar refractivity (Wildman–Crippen MR) is 62.1 cm³/mol. The number of aromatic nitrogens is 1. The van der Waals surface area contributed by atoms with Crippen LogP contribution in [0.5, 0.6) is 0 Å². The van der Waals surface area contributed by atoms with Crippen LogP contribution in [0, 0.1) is 6.20 Å². The number of hydrogen-bond donors (Lipinski definition) is 0. The molecule has 0 atom stereocenters.